The fourth-order valence-corrected chi connectivity index (χ4v) is 10.5. The number of ether oxygens (including phenoxy) is 3. The zero-order chi connectivity index (χ0) is 57.4. The van der Waals surface area contributed by atoms with Crippen molar-refractivity contribution in [3.63, 3.8) is 0 Å². The number of carbonyl (C=O) groups is 4. The Morgan fingerprint density at radius 1 is 0.573 bits per heavy atom. The number of hydrogen-bond acceptors (Lipinski definition) is 11. The first-order valence-corrected chi connectivity index (χ1v) is 26.6. The van der Waals surface area contributed by atoms with Gasteiger partial charge in [-0.05, 0) is 102 Å². The van der Waals surface area contributed by atoms with Crippen molar-refractivity contribution in [3.05, 3.63) is 209 Å². The summed E-state index contributed by atoms with van der Waals surface area (Å²) in [5, 5.41) is 15.5. The van der Waals surface area contributed by atoms with E-state index in [1.165, 1.54) is 17.0 Å². The zero-order valence-electron chi connectivity index (χ0n) is 44.6. The van der Waals surface area contributed by atoms with Gasteiger partial charge in [0.2, 0.25) is 0 Å². The molecular formula is C63H53Cl2N9O8. The largest absolute Gasteiger partial charge is 0.497 e. The predicted molar refractivity (Wildman–Crippen MR) is 318 cm³/mol. The molecule has 82 heavy (non-hydrogen) atoms. The number of nitrogens with two attached hydrogens (primary N) is 1. The minimum absolute atomic E-state index is 0.0172. The number of nitrogens with zero attached hydrogens (tertiary/aromatic N) is 6. The molecule has 0 saturated heterocycles. The second-order valence-electron chi connectivity index (χ2n) is 18.7. The van der Waals surface area contributed by atoms with Crippen LogP contribution in [0.15, 0.2) is 177 Å². The predicted octanol–water partition coefficient (Wildman–Crippen LogP) is 12.4. The number of carbonyl (C=O) groups excluding carboxylic acids is 3. The van der Waals surface area contributed by atoms with Crippen LogP contribution >= 0.6 is 23.2 Å². The van der Waals surface area contributed by atoms with E-state index in [-0.39, 0.29) is 29.5 Å². The third-order valence-electron chi connectivity index (χ3n) is 14.0. The Bertz CT molecular complexity index is 4180. The number of rotatable bonds is 15. The number of methoxy groups -OCH3 is 3. The molecule has 0 atom stereocenters. The minimum atomic E-state index is -1.13. The number of aromatic carboxylic acids is 1. The summed E-state index contributed by atoms with van der Waals surface area (Å²) in [7, 11) is 4.91. The van der Waals surface area contributed by atoms with E-state index in [0.717, 1.165) is 83.3 Å². The van der Waals surface area contributed by atoms with Gasteiger partial charge in [-0.15, -0.1) is 0 Å². The molecule has 6 aromatic heterocycles. The molecule has 5 N–H and O–H groups in total. The molecule has 7 heterocycles. The van der Waals surface area contributed by atoms with Gasteiger partial charge in [0.1, 0.15) is 33.4 Å². The Hall–Kier alpha value is -9.97. The maximum Gasteiger partial charge on any atom is 0.336 e. The lowest BCUT2D eigenvalue weighted by Gasteiger charge is -2.14. The first kappa shape index (κ1) is 55.3. The standard InChI is InChI=1S/C25H22ClN3O4.C24H18ClN3O3.C14H13N3O/c1-33-17-7-4-6-16(14-17)20-15-29(21-10-12-27-23(26)22(20)21)13-5-11-28-24(30)18-8-2-3-9-19(18)25(31)32;1-31-16-6-4-5-15(13-16)19-14-27(20-9-10-26-22(25)21(19)20)11-12-28-23(29)17-7-2-3-8-18(17)24(28)30;1-18-10-4-2-3-9(7-10)11-8-17-12-5-6-16-14(15)13(11)12/h2-4,6-10,12,14-15H,5,11,13H2,1H3,(H,28,30)(H,31,32);2-10,13-14H,11-12H2,1H3;2-8,17H,1H3,(H2,15,16). The van der Waals surface area contributed by atoms with Crippen LogP contribution in [-0.2, 0) is 13.1 Å². The van der Waals surface area contributed by atoms with Crippen molar-refractivity contribution in [2.75, 3.05) is 40.2 Å². The van der Waals surface area contributed by atoms with E-state index >= 15 is 0 Å². The van der Waals surface area contributed by atoms with Crippen molar-refractivity contribution in [2.45, 2.75) is 19.5 Å². The summed E-state index contributed by atoms with van der Waals surface area (Å²) in [6.45, 7) is 1.71. The fourth-order valence-electron chi connectivity index (χ4n) is 9.99. The Kier molecular flexibility index (Phi) is 16.6. The van der Waals surface area contributed by atoms with E-state index in [2.05, 4.69) is 29.8 Å². The average molecular weight is 1140 g/mol. The van der Waals surface area contributed by atoms with Crippen molar-refractivity contribution in [3.8, 4) is 50.6 Å². The number of nitrogens with one attached hydrogen (secondary N) is 2. The first-order valence-electron chi connectivity index (χ1n) is 25.8. The summed E-state index contributed by atoms with van der Waals surface area (Å²) >= 11 is 12.9. The summed E-state index contributed by atoms with van der Waals surface area (Å²) in [6.07, 6.45) is 11.6. The van der Waals surface area contributed by atoms with E-state index < -0.39 is 11.9 Å². The number of benzene rings is 5. The highest BCUT2D eigenvalue weighted by Crippen LogP contribution is 2.38. The summed E-state index contributed by atoms with van der Waals surface area (Å²) in [6, 6.07) is 42.1. The molecule has 11 aromatic rings. The number of nitrogen functional groups attached to an aromatic ring is 1. The molecule has 1 aliphatic heterocycles. The molecular weight excluding hydrogens is 1080 g/mol. The van der Waals surface area contributed by atoms with Crippen LogP contribution in [-0.4, -0.2) is 97.2 Å². The quantitative estimate of drug-likeness (QED) is 0.0428. The number of anilines is 1. The Morgan fingerprint density at radius 3 is 1.59 bits per heavy atom. The van der Waals surface area contributed by atoms with Crippen LogP contribution in [0.1, 0.15) is 47.9 Å². The molecule has 17 nitrogen and oxygen atoms in total. The maximum absolute atomic E-state index is 12.7. The number of H-pyrrole nitrogens is 1. The van der Waals surface area contributed by atoms with Crippen LogP contribution < -0.4 is 25.3 Å². The molecule has 12 rings (SSSR count). The molecule has 5 aromatic carbocycles. The third kappa shape index (κ3) is 11.4. The van der Waals surface area contributed by atoms with Gasteiger partial charge in [-0.25, -0.2) is 19.7 Å². The molecule has 0 fully saturated rings. The van der Waals surface area contributed by atoms with Crippen LogP contribution in [0, 0.1) is 0 Å². The van der Waals surface area contributed by atoms with E-state index in [1.807, 2.05) is 114 Å². The van der Waals surface area contributed by atoms with Crippen LogP contribution in [0.25, 0.3) is 66.1 Å². The molecule has 3 amide bonds. The Morgan fingerprint density at radius 2 is 1.06 bits per heavy atom. The molecule has 1 aliphatic rings. The number of aryl methyl sites for hydroxylation is 1. The number of carboxylic acids is 1. The monoisotopic (exact) mass is 1130 g/mol. The number of hydrogen-bond donors (Lipinski definition) is 4. The van der Waals surface area contributed by atoms with E-state index in [9.17, 15) is 24.3 Å². The second kappa shape index (κ2) is 24.6. The van der Waals surface area contributed by atoms with Gasteiger partial charge >= 0.3 is 5.97 Å². The van der Waals surface area contributed by atoms with Gasteiger partial charge in [0.15, 0.2) is 0 Å². The minimum Gasteiger partial charge on any atom is -0.497 e. The van der Waals surface area contributed by atoms with Gasteiger partial charge in [-0.1, -0.05) is 83.9 Å². The maximum atomic E-state index is 12.7. The fraction of sp³-hybridized carbons (Fsp3) is 0.127. The summed E-state index contributed by atoms with van der Waals surface area (Å²) in [4.78, 5) is 66.3. The van der Waals surface area contributed by atoms with Crippen LogP contribution in [0.2, 0.25) is 10.3 Å². The van der Waals surface area contributed by atoms with Crippen LogP contribution in [0.5, 0.6) is 17.2 Å². The van der Waals surface area contributed by atoms with Gasteiger partial charge in [0.25, 0.3) is 17.7 Å². The zero-order valence-corrected chi connectivity index (χ0v) is 46.1. The van der Waals surface area contributed by atoms with Gasteiger partial charge in [0, 0.05) is 96.2 Å². The lowest BCUT2D eigenvalue weighted by atomic mass is 10.1. The lowest BCUT2D eigenvalue weighted by molar-refractivity contribution is 0.0646. The van der Waals surface area contributed by atoms with Gasteiger partial charge in [0.05, 0.1) is 60.1 Å². The summed E-state index contributed by atoms with van der Waals surface area (Å²) < 4.78 is 20.0. The van der Waals surface area contributed by atoms with Crippen molar-refractivity contribution < 1.29 is 38.5 Å². The molecule has 0 spiro atoms. The third-order valence-corrected chi connectivity index (χ3v) is 14.5. The van der Waals surface area contributed by atoms with Crippen LogP contribution in [0.4, 0.5) is 5.82 Å². The van der Waals surface area contributed by atoms with Gasteiger partial charge in [-0.2, -0.15) is 0 Å². The van der Waals surface area contributed by atoms with Crippen molar-refractivity contribution in [2.24, 2.45) is 0 Å². The van der Waals surface area contributed by atoms with Crippen molar-refractivity contribution >= 4 is 85.4 Å². The summed E-state index contributed by atoms with van der Waals surface area (Å²) in [5.74, 6) is 0.789. The number of halogens is 2. The van der Waals surface area contributed by atoms with Crippen LogP contribution in [0.3, 0.4) is 0 Å². The van der Waals surface area contributed by atoms with Gasteiger partial charge in [-0.3, -0.25) is 19.3 Å². The number of imide groups is 1. The SMILES string of the molecule is COc1cccc(-c2c[nH]c3ccnc(N)c23)c1.COc1cccc(-c2cn(CCCNC(=O)c3ccccc3C(=O)O)c3ccnc(Cl)c23)c1.COc1cccc(-c2cn(CCN3C(=O)c4ccccc4C3=O)c3ccnc(Cl)c23)c1. The molecule has 19 heteroatoms. The van der Waals surface area contributed by atoms with Crippen molar-refractivity contribution in [1.82, 2.24) is 39.3 Å². The molecule has 0 radical (unpaired) electrons. The first-order chi connectivity index (χ1) is 39.9. The molecule has 0 saturated carbocycles. The normalized spacial score (nSPS) is 11.7. The molecule has 0 aliphatic carbocycles. The number of pyridine rings is 3. The lowest BCUT2D eigenvalue weighted by Crippen LogP contribution is -2.32. The Balaban J connectivity index is 0.000000143. The van der Waals surface area contributed by atoms with Crippen molar-refractivity contribution in [1.29, 1.82) is 0 Å². The topological polar surface area (TPSA) is 222 Å². The highest BCUT2D eigenvalue weighted by Gasteiger charge is 2.35. The number of fused-ring (bicyclic) bond motifs is 4. The van der Waals surface area contributed by atoms with E-state index in [4.69, 9.17) is 43.1 Å². The molecule has 412 valence electrons. The number of amides is 3. The second-order valence-corrected chi connectivity index (χ2v) is 19.5. The summed E-state index contributed by atoms with van der Waals surface area (Å²) in [5.41, 5.74) is 15.7. The Labute approximate surface area is 480 Å². The number of aromatic amines is 1. The average Bonchev–Trinajstić information content (AvgIpc) is 4.47. The number of carboxylic acid groups (broad SMARTS) is 1. The van der Waals surface area contributed by atoms with E-state index in [1.54, 1.807) is 76.3 Å². The highest BCUT2D eigenvalue weighted by molar-refractivity contribution is 6.36. The molecule has 0 unspecified atom stereocenters. The molecule has 0 bridgehead atoms. The number of aromatic nitrogens is 6. The smallest absolute Gasteiger partial charge is 0.336 e. The highest BCUT2D eigenvalue weighted by atomic mass is 35.5. The van der Waals surface area contributed by atoms with E-state index in [0.29, 0.717) is 53.3 Å². The van der Waals surface area contributed by atoms with Gasteiger partial charge < -0.3 is 44.5 Å².